The highest BCUT2D eigenvalue weighted by molar-refractivity contribution is 5.22. The summed E-state index contributed by atoms with van der Waals surface area (Å²) in [5, 5.41) is 3.56. The van der Waals surface area contributed by atoms with Gasteiger partial charge in [0.05, 0.1) is 0 Å². The van der Waals surface area contributed by atoms with E-state index in [2.05, 4.69) is 43.6 Å². The summed E-state index contributed by atoms with van der Waals surface area (Å²) in [7, 11) is 2.13. The van der Waals surface area contributed by atoms with Crippen LogP contribution < -0.4 is 5.32 Å². The van der Waals surface area contributed by atoms with Crippen LogP contribution in [0.3, 0.4) is 0 Å². The Morgan fingerprint density at radius 3 is 2.67 bits per heavy atom. The third kappa shape index (κ3) is 3.84. The summed E-state index contributed by atoms with van der Waals surface area (Å²) in [4.78, 5) is 0. The fourth-order valence-electron chi connectivity index (χ4n) is 3.34. The average Bonchev–Trinajstić information content (AvgIpc) is 2.41. The molecule has 0 heterocycles. The van der Waals surface area contributed by atoms with Gasteiger partial charge < -0.3 is 5.32 Å². The van der Waals surface area contributed by atoms with E-state index in [9.17, 15) is 0 Å². The molecule has 1 atom stereocenters. The molecule has 100 valence electrons. The second-order valence-electron chi connectivity index (χ2n) is 5.82. The summed E-state index contributed by atoms with van der Waals surface area (Å²) in [6, 6.07) is 9.67. The molecule has 1 saturated carbocycles. The molecule has 18 heavy (non-hydrogen) atoms. The van der Waals surface area contributed by atoms with Gasteiger partial charge in [0.25, 0.3) is 0 Å². The lowest BCUT2D eigenvalue weighted by molar-refractivity contribution is 0.268. The molecular weight excluding hydrogens is 218 g/mol. The van der Waals surface area contributed by atoms with Crippen LogP contribution in [0.2, 0.25) is 0 Å². The topological polar surface area (TPSA) is 12.0 Å². The molecule has 0 radical (unpaired) electrons. The summed E-state index contributed by atoms with van der Waals surface area (Å²) in [5.74, 6) is 0.911. The van der Waals surface area contributed by atoms with Crippen molar-refractivity contribution < 1.29 is 0 Å². The van der Waals surface area contributed by atoms with Crippen molar-refractivity contribution in [2.24, 2.45) is 5.92 Å². The smallest absolute Gasteiger partial charge is 0.00954 e. The minimum Gasteiger partial charge on any atom is -0.317 e. The highest BCUT2D eigenvalue weighted by atomic mass is 14.9. The predicted molar refractivity (Wildman–Crippen MR) is 78.9 cm³/mol. The molecule has 0 saturated heterocycles. The zero-order valence-corrected chi connectivity index (χ0v) is 11.9. The first-order valence-electron chi connectivity index (χ1n) is 7.52. The Morgan fingerprint density at radius 1 is 1.22 bits per heavy atom. The molecule has 1 aromatic carbocycles. The van der Waals surface area contributed by atoms with Crippen LogP contribution in [0.1, 0.15) is 49.7 Å². The molecule has 0 bridgehead atoms. The van der Waals surface area contributed by atoms with E-state index in [1.807, 2.05) is 0 Å². The second kappa shape index (κ2) is 6.94. The first-order valence-corrected chi connectivity index (χ1v) is 7.52. The van der Waals surface area contributed by atoms with Crippen LogP contribution in [0, 0.1) is 12.8 Å². The second-order valence-corrected chi connectivity index (χ2v) is 5.82. The zero-order chi connectivity index (χ0) is 12.8. The highest BCUT2D eigenvalue weighted by Gasteiger charge is 2.21. The van der Waals surface area contributed by atoms with Gasteiger partial charge in [-0.3, -0.25) is 0 Å². The standard InChI is InChI=1S/C17H27N/c1-14-7-6-8-15(13-14)11-12-17(18-2)16-9-4-3-5-10-16/h6-8,13,16-18H,3-5,9-12H2,1-2H3. The lowest BCUT2D eigenvalue weighted by Gasteiger charge is -2.30. The molecule has 0 spiro atoms. The van der Waals surface area contributed by atoms with Gasteiger partial charge in [-0.25, -0.2) is 0 Å². The quantitative estimate of drug-likeness (QED) is 0.823. The summed E-state index contributed by atoms with van der Waals surface area (Å²) < 4.78 is 0. The van der Waals surface area contributed by atoms with Crippen LogP contribution >= 0.6 is 0 Å². The molecule has 1 fully saturated rings. The minimum atomic E-state index is 0.714. The van der Waals surface area contributed by atoms with E-state index in [0.29, 0.717) is 6.04 Å². The van der Waals surface area contributed by atoms with E-state index in [0.717, 1.165) is 5.92 Å². The van der Waals surface area contributed by atoms with Crippen LogP contribution in [0.15, 0.2) is 24.3 Å². The van der Waals surface area contributed by atoms with Crippen molar-refractivity contribution in [3.8, 4) is 0 Å². The van der Waals surface area contributed by atoms with Crippen LogP contribution in [0.25, 0.3) is 0 Å². The van der Waals surface area contributed by atoms with E-state index < -0.39 is 0 Å². The van der Waals surface area contributed by atoms with Crippen LogP contribution in [0.4, 0.5) is 0 Å². The van der Waals surface area contributed by atoms with Crippen LogP contribution in [-0.4, -0.2) is 13.1 Å². The lowest BCUT2D eigenvalue weighted by Crippen LogP contribution is -2.35. The molecule has 0 amide bonds. The van der Waals surface area contributed by atoms with Gasteiger partial charge in [0, 0.05) is 6.04 Å². The predicted octanol–water partition coefficient (Wildman–Crippen LogP) is 4.10. The van der Waals surface area contributed by atoms with Gasteiger partial charge in [-0.1, -0.05) is 49.1 Å². The fourth-order valence-corrected chi connectivity index (χ4v) is 3.34. The summed E-state index contributed by atoms with van der Waals surface area (Å²) in [5.41, 5.74) is 2.87. The number of nitrogens with one attached hydrogen (secondary N) is 1. The summed E-state index contributed by atoms with van der Waals surface area (Å²) in [6.45, 7) is 2.18. The average molecular weight is 245 g/mol. The Balaban J connectivity index is 1.86. The van der Waals surface area contributed by atoms with E-state index in [1.165, 1.54) is 56.1 Å². The molecule has 1 aromatic rings. The van der Waals surface area contributed by atoms with Gasteiger partial charge in [0.2, 0.25) is 0 Å². The number of hydrogen-bond acceptors (Lipinski definition) is 1. The minimum absolute atomic E-state index is 0.714. The number of rotatable bonds is 5. The van der Waals surface area contributed by atoms with Crippen molar-refractivity contribution >= 4 is 0 Å². The first kappa shape index (κ1) is 13.6. The summed E-state index contributed by atoms with van der Waals surface area (Å²) in [6.07, 6.45) is 9.68. The van der Waals surface area contributed by atoms with E-state index in [1.54, 1.807) is 0 Å². The van der Waals surface area contributed by atoms with Gasteiger partial charge in [-0.05, 0) is 51.1 Å². The Labute approximate surface area is 112 Å². The number of aryl methyl sites for hydroxylation is 2. The maximum atomic E-state index is 3.56. The van der Waals surface area contributed by atoms with E-state index in [-0.39, 0.29) is 0 Å². The molecular formula is C17H27N. The van der Waals surface area contributed by atoms with Gasteiger partial charge in [-0.15, -0.1) is 0 Å². The summed E-state index contributed by atoms with van der Waals surface area (Å²) >= 11 is 0. The van der Waals surface area contributed by atoms with E-state index in [4.69, 9.17) is 0 Å². The van der Waals surface area contributed by atoms with Crippen molar-refractivity contribution in [2.75, 3.05) is 7.05 Å². The number of benzene rings is 1. The van der Waals surface area contributed by atoms with Crippen LogP contribution in [-0.2, 0) is 6.42 Å². The number of hydrogen-bond donors (Lipinski definition) is 1. The molecule has 0 aromatic heterocycles. The lowest BCUT2D eigenvalue weighted by atomic mass is 9.82. The maximum absolute atomic E-state index is 3.56. The van der Waals surface area contributed by atoms with Gasteiger partial charge in [0.15, 0.2) is 0 Å². The van der Waals surface area contributed by atoms with Gasteiger partial charge >= 0.3 is 0 Å². The third-order valence-corrected chi connectivity index (χ3v) is 4.42. The van der Waals surface area contributed by atoms with E-state index >= 15 is 0 Å². The Morgan fingerprint density at radius 2 is 2.00 bits per heavy atom. The Bertz CT molecular complexity index is 352. The van der Waals surface area contributed by atoms with Crippen molar-refractivity contribution in [3.63, 3.8) is 0 Å². The van der Waals surface area contributed by atoms with Crippen LogP contribution in [0.5, 0.6) is 0 Å². The largest absolute Gasteiger partial charge is 0.317 e. The third-order valence-electron chi connectivity index (χ3n) is 4.42. The molecule has 1 aliphatic rings. The molecule has 1 unspecified atom stereocenters. The van der Waals surface area contributed by atoms with Crippen molar-refractivity contribution in [3.05, 3.63) is 35.4 Å². The Hall–Kier alpha value is -0.820. The van der Waals surface area contributed by atoms with Crippen molar-refractivity contribution in [1.82, 2.24) is 5.32 Å². The first-order chi connectivity index (χ1) is 8.79. The zero-order valence-electron chi connectivity index (χ0n) is 11.9. The SMILES string of the molecule is CNC(CCc1cccc(C)c1)C1CCCCC1. The van der Waals surface area contributed by atoms with Gasteiger partial charge in [-0.2, -0.15) is 0 Å². The molecule has 1 heteroatoms. The molecule has 1 aliphatic carbocycles. The molecule has 0 aliphatic heterocycles. The fraction of sp³-hybridized carbons (Fsp3) is 0.647. The highest BCUT2D eigenvalue weighted by Crippen LogP contribution is 2.28. The molecule has 2 rings (SSSR count). The molecule has 1 nitrogen and oxygen atoms in total. The van der Waals surface area contributed by atoms with Crippen molar-refractivity contribution in [2.45, 2.75) is 57.9 Å². The normalized spacial score (nSPS) is 18.8. The molecule has 1 N–H and O–H groups in total. The van der Waals surface area contributed by atoms with Crippen molar-refractivity contribution in [1.29, 1.82) is 0 Å². The maximum Gasteiger partial charge on any atom is 0.00954 e. The Kier molecular flexibility index (Phi) is 5.25. The monoisotopic (exact) mass is 245 g/mol. The van der Waals surface area contributed by atoms with Gasteiger partial charge in [0.1, 0.15) is 0 Å².